The summed E-state index contributed by atoms with van der Waals surface area (Å²) in [7, 11) is 0. The van der Waals surface area contributed by atoms with Crippen molar-refractivity contribution in [2.45, 2.75) is 25.7 Å². The smallest absolute Gasteiger partial charge is 0.244 e. The third-order valence-corrected chi connectivity index (χ3v) is 6.13. The van der Waals surface area contributed by atoms with Crippen molar-refractivity contribution in [2.24, 2.45) is 16.7 Å². The van der Waals surface area contributed by atoms with Crippen molar-refractivity contribution in [1.29, 1.82) is 21.2 Å². The van der Waals surface area contributed by atoms with Crippen molar-refractivity contribution in [2.75, 3.05) is 0 Å². The minimum Gasteiger partial charge on any atom is -0.443 e. The molecular weight excluding hydrogens is 366 g/mol. The second kappa shape index (κ2) is 6.14. The third kappa shape index (κ3) is 2.07. The molecule has 1 aromatic heterocycles. The number of rotatable bonds is 2. The van der Waals surface area contributed by atoms with Gasteiger partial charge in [0.1, 0.15) is 6.10 Å². The predicted octanol–water partition coefficient (Wildman–Crippen LogP) is 3.50. The molecule has 1 N–H and O–H groups in total. The summed E-state index contributed by atoms with van der Waals surface area (Å²) >= 11 is 0. The first-order valence-electron chi connectivity index (χ1n) is 9.08. The number of pyridine rings is 1. The molecular formula is C22H17N5O2. The normalized spacial score (nSPS) is 31.8. The number of hydrogen-bond donors (Lipinski definition) is 1. The van der Waals surface area contributed by atoms with Gasteiger partial charge in [-0.25, -0.2) is 0 Å². The summed E-state index contributed by atoms with van der Waals surface area (Å²) in [4.78, 5) is 3.99. The Labute approximate surface area is 168 Å². The molecule has 2 aliphatic rings. The topological polar surface area (TPSA) is 127 Å². The Morgan fingerprint density at radius 3 is 2.17 bits per heavy atom. The average molecular weight is 383 g/mol. The van der Waals surface area contributed by atoms with E-state index in [0.29, 0.717) is 11.1 Å². The van der Waals surface area contributed by atoms with E-state index in [1.807, 2.05) is 43.3 Å². The van der Waals surface area contributed by atoms with Crippen molar-refractivity contribution in [3.63, 3.8) is 0 Å². The lowest BCUT2D eigenvalue weighted by molar-refractivity contribution is -0.288. The molecule has 7 nitrogen and oxygen atoms in total. The minimum absolute atomic E-state index is 0.423. The van der Waals surface area contributed by atoms with Crippen LogP contribution in [0.3, 0.4) is 0 Å². The van der Waals surface area contributed by atoms with Gasteiger partial charge in [-0.2, -0.15) is 15.8 Å². The van der Waals surface area contributed by atoms with Gasteiger partial charge < -0.3 is 9.47 Å². The van der Waals surface area contributed by atoms with E-state index in [-0.39, 0.29) is 0 Å². The van der Waals surface area contributed by atoms with Crippen molar-refractivity contribution < 1.29 is 9.47 Å². The fraction of sp³-hybridized carbons (Fsp3) is 0.318. The van der Waals surface area contributed by atoms with Crippen LogP contribution >= 0.6 is 0 Å². The van der Waals surface area contributed by atoms with Crippen LogP contribution in [-0.2, 0) is 15.3 Å². The van der Waals surface area contributed by atoms with Crippen LogP contribution in [0.2, 0.25) is 0 Å². The van der Waals surface area contributed by atoms with Gasteiger partial charge in [-0.15, -0.1) is 0 Å². The number of aryl methyl sites for hydroxylation is 1. The molecule has 4 unspecified atom stereocenters. The van der Waals surface area contributed by atoms with E-state index in [4.69, 9.17) is 14.9 Å². The first kappa shape index (κ1) is 18.6. The second-order valence-corrected chi connectivity index (χ2v) is 7.42. The predicted molar refractivity (Wildman–Crippen MR) is 101 cm³/mol. The van der Waals surface area contributed by atoms with Crippen LogP contribution in [0.15, 0.2) is 48.8 Å². The average Bonchev–Trinajstić information content (AvgIpc) is 2.91. The van der Waals surface area contributed by atoms with Crippen LogP contribution in [0, 0.1) is 63.1 Å². The van der Waals surface area contributed by atoms with E-state index in [2.05, 4.69) is 11.1 Å². The van der Waals surface area contributed by atoms with Gasteiger partial charge in [-0.05, 0) is 24.6 Å². The van der Waals surface area contributed by atoms with Crippen LogP contribution < -0.4 is 0 Å². The van der Waals surface area contributed by atoms with Crippen molar-refractivity contribution in [3.05, 3.63) is 65.5 Å². The maximum atomic E-state index is 10.2. The van der Waals surface area contributed by atoms with Crippen molar-refractivity contribution in [1.82, 2.24) is 4.98 Å². The minimum atomic E-state index is -1.97. The molecule has 2 fully saturated rings. The maximum absolute atomic E-state index is 10.2. The fourth-order valence-corrected chi connectivity index (χ4v) is 4.49. The zero-order valence-electron chi connectivity index (χ0n) is 15.9. The van der Waals surface area contributed by atoms with Crippen molar-refractivity contribution in [3.8, 4) is 18.2 Å². The van der Waals surface area contributed by atoms with E-state index in [9.17, 15) is 15.8 Å². The number of hydrogen-bond acceptors (Lipinski definition) is 7. The number of nitrogens with zero attached hydrogens (tertiary/aromatic N) is 4. The molecule has 2 aromatic rings. The zero-order chi connectivity index (χ0) is 20.9. The van der Waals surface area contributed by atoms with Crippen LogP contribution in [-0.4, -0.2) is 10.9 Å². The molecule has 7 heteroatoms. The molecule has 1 aromatic carbocycles. The molecule has 0 radical (unpaired) electrons. The molecule has 2 saturated heterocycles. The van der Waals surface area contributed by atoms with E-state index >= 15 is 0 Å². The summed E-state index contributed by atoms with van der Waals surface area (Å²) in [6.45, 7) is 3.64. The quantitative estimate of drug-likeness (QED) is 0.845. The molecule has 29 heavy (non-hydrogen) atoms. The van der Waals surface area contributed by atoms with Crippen LogP contribution in [0.5, 0.6) is 0 Å². The Hall–Kier alpha value is -3.73. The summed E-state index contributed by atoms with van der Waals surface area (Å²) in [6, 6.07) is 16.9. The molecule has 0 spiro atoms. The molecule has 2 aliphatic heterocycles. The number of aromatic nitrogens is 1. The van der Waals surface area contributed by atoms with Crippen molar-refractivity contribution >= 4 is 5.90 Å². The van der Waals surface area contributed by atoms with Gasteiger partial charge in [0, 0.05) is 18.0 Å². The van der Waals surface area contributed by atoms with Gasteiger partial charge in [0.15, 0.2) is 5.41 Å². The largest absolute Gasteiger partial charge is 0.443 e. The standard InChI is InChI=1S/C22H17N5O2/c1-14-3-5-17(6-4-14)22-15(2)21(13-25,19(26)29-22)20(11-23,12-24)18(28-22)16-7-9-27-10-8-16/h3-10,15,18,26H,1-2H3. The lowest BCUT2D eigenvalue weighted by atomic mass is 9.53. The number of nitrogens with one attached hydrogen (secondary N) is 1. The molecule has 0 aliphatic carbocycles. The molecule has 4 atom stereocenters. The summed E-state index contributed by atoms with van der Waals surface area (Å²) in [6.07, 6.45) is 1.95. The number of benzene rings is 1. The Bertz CT molecular complexity index is 1100. The highest BCUT2D eigenvalue weighted by atomic mass is 16.7. The van der Waals surface area contributed by atoms with Gasteiger partial charge >= 0.3 is 0 Å². The Morgan fingerprint density at radius 1 is 1.00 bits per heavy atom. The van der Waals surface area contributed by atoms with Gasteiger partial charge in [0.2, 0.25) is 17.1 Å². The number of nitriles is 3. The Morgan fingerprint density at radius 2 is 1.62 bits per heavy atom. The lowest BCUT2D eigenvalue weighted by Gasteiger charge is -2.48. The molecule has 2 bridgehead atoms. The monoisotopic (exact) mass is 383 g/mol. The summed E-state index contributed by atoms with van der Waals surface area (Å²) in [5.74, 6) is -2.66. The first-order chi connectivity index (χ1) is 13.9. The van der Waals surface area contributed by atoms with E-state index in [1.54, 1.807) is 19.1 Å². The highest BCUT2D eigenvalue weighted by Crippen LogP contribution is 2.68. The van der Waals surface area contributed by atoms with Crippen LogP contribution in [0.1, 0.15) is 29.7 Å². The number of fused-ring (bicyclic) bond motifs is 2. The summed E-state index contributed by atoms with van der Waals surface area (Å²) in [5.41, 5.74) is -1.59. The van der Waals surface area contributed by atoms with Crippen LogP contribution in [0.25, 0.3) is 0 Å². The molecule has 0 saturated carbocycles. The van der Waals surface area contributed by atoms with Gasteiger partial charge in [0.25, 0.3) is 0 Å². The van der Waals surface area contributed by atoms with E-state index in [0.717, 1.165) is 5.56 Å². The van der Waals surface area contributed by atoms with Crippen LogP contribution in [0.4, 0.5) is 0 Å². The molecule has 3 heterocycles. The third-order valence-electron chi connectivity index (χ3n) is 6.13. The van der Waals surface area contributed by atoms with E-state index in [1.165, 1.54) is 12.4 Å². The first-order valence-corrected chi connectivity index (χ1v) is 9.08. The highest BCUT2D eigenvalue weighted by Gasteiger charge is 2.79. The maximum Gasteiger partial charge on any atom is 0.244 e. The number of ether oxygens (including phenoxy) is 2. The molecule has 142 valence electrons. The molecule has 4 rings (SSSR count). The Kier molecular flexibility index (Phi) is 3.94. The second-order valence-electron chi connectivity index (χ2n) is 7.42. The van der Waals surface area contributed by atoms with E-state index < -0.39 is 34.5 Å². The summed E-state index contributed by atoms with van der Waals surface area (Å²) < 4.78 is 12.3. The van der Waals surface area contributed by atoms with Gasteiger partial charge in [-0.3, -0.25) is 10.4 Å². The lowest BCUT2D eigenvalue weighted by Crippen LogP contribution is -2.57. The highest BCUT2D eigenvalue weighted by molar-refractivity contribution is 5.89. The molecule has 0 amide bonds. The van der Waals surface area contributed by atoms with Gasteiger partial charge in [-0.1, -0.05) is 36.8 Å². The SMILES string of the molecule is Cc1ccc(C23OC(=N)C(C#N)(C2C)C(C#N)(C#N)C(c2ccncc2)O3)cc1. The summed E-state index contributed by atoms with van der Waals surface area (Å²) in [5, 5.41) is 39.1. The van der Waals surface area contributed by atoms with Gasteiger partial charge in [0.05, 0.1) is 24.1 Å². The zero-order valence-corrected chi connectivity index (χ0v) is 15.9. The Balaban J connectivity index is 2.04. The fourth-order valence-electron chi connectivity index (χ4n) is 4.49.